The van der Waals surface area contributed by atoms with Crippen molar-refractivity contribution < 1.29 is 23.4 Å². The Morgan fingerprint density at radius 2 is 1.66 bits per heavy atom. The molecule has 1 aliphatic heterocycles. The predicted octanol–water partition coefficient (Wildman–Crippen LogP) is 3.65. The fraction of sp³-hybridized carbons (Fsp3) is 0.238. The van der Waals surface area contributed by atoms with E-state index in [1.54, 1.807) is 31.3 Å². The first kappa shape index (κ1) is 19.1. The predicted molar refractivity (Wildman–Crippen MR) is 108 cm³/mol. The highest BCUT2D eigenvalue weighted by atomic mass is 35.5. The molecule has 3 aromatic rings. The van der Waals surface area contributed by atoms with Crippen LogP contribution >= 0.6 is 11.6 Å². The van der Waals surface area contributed by atoms with Crippen molar-refractivity contribution in [3.8, 4) is 17.2 Å². The van der Waals surface area contributed by atoms with Crippen LogP contribution in [-0.4, -0.2) is 39.2 Å². The van der Waals surface area contributed by atoms with Gasteiger partial charge in [-0.15, -0.1) is 0 Å². The molecule has 2 heterocycles. The Kier molecular flexibility index (Phi) is 4.62. The summed E-state index contributed by atoms with van der Waals surface area (Å²) in [6, 6.07) is 7.49. The van der Waals surface area contributed by atoms with E-state index in [9.17, 15) is 9.59 Å². The lowest BCUT2D eigenvalue weighted by Crippen LogP contribution is -2.25. The van der Waals surface area contributed by atoms with Crippen molar-refractivity contribution in [2.24, 2.45) is 0 Å². The molecule has 0 saturated heterocycles. The van der Waals surface area contributed by atoms with Crippen LogP contribution in [0, 0.1) is 0 Å². The monoisotopic (exact) mass is 415 g/mol. The Labute approximate surface area is 171 Å². The van der Waals surface area contributed by atoms with Gasteiger partial charge >= 0.3 is 0 Å². The number of amides is 1. The molecule has 0 radical (unpaired) electrons. The van der Waals surface area contributed by atoms with Crippen LogP contribution in [0.3, 0.4) is 0 Å². The summed E-state index contributed by atoms with van der Waals surface area (Å²) in [5.41, 5.74) is 0.884. The average Bonchev–Trinajstić information content (AvgIpc) is 2.98. The number of halogens is 1. The Morgan fingerprint density at radius 1 is 1.00 bits per heavy atom. The standard InChI is InChI=1S/C21H18ClNO6/c1-23-17(10-7-14(26-2)19(28-4)15(8-10)27-3)16-18(24)12-9-11(22)5-6-13(12)29-20(16)21(23)25/h5-9,17H,1-4H3. The van der Waals surface area contributed by atoms with Crippen molar-refractivity contribution >= 4 is 28.5 Å². The number of hydrogen-bond acceptors (Lipinski definition) is 6. The van der Waals surface area contributed by atoms with Crippen molar-refractivity contribution in [1.82, 2.24) is 4.90 Å². The molecule has 2 aromatic carbocycles. The molecule has 1 atom stereocenters. The van der Waals surface area contributed by atoms with Crippen LogP contribution in [0.2, 0.25) is 5.02 Å². The van der Waals surface area contributed by atoms with Crippen LogP contribution in [-0.2, 0) is 0 Å². The molecule has 1 amide bonds. The third-order valence-corrected chi connectivity index (χ3v) is 5.30. The summed E-state index contributed by atoms with van der Waals surface area (Å²) < 4.78 is 22.0. The minimum Gasteiger partial charge on any atom is -0.493 e. The van der Waals surface area contributed by atoms with Crippen molar-refractivity contribution in [1.29, 1.82) is 0 Å². The minimum atomic E-state index is -0.675. The lowest BCUT2D eigenvalue weighted by atomic mass is 9.98. The largest absolute Gasteiger partial charge is 0.493 e. The number of hydrogen-bond donors (Lipinski definition) is 0. The van der Waals surface area contributed by atoms with Crippen molar-refractivity contribution in [2.45, 2.75) is 6.04 Å². The van der Waals surface area contributed by atoms with E-state index in [0.29, 0.717) is 38.8 Å². The lowest BCUT2D eigenvalue weighted by Gasteiger charge is -2.22. The molecule has 0 fully saturated rings. The van der Waals surface area contributed by atoms with E-state index in [1.807, 2.05) is 0 Å². The van der Waals surface area contributed by atoms with Gasteiger partial charge in [0.05, 0.1) is 38.3 Å². The number of rotatable bonds is 4. The van der Waals surface area contributed by atoms with Crippen LogP contribution in [0.1, 0.15) is 27.7 Å². The van der Waals surface area contributed by atoms with E-state index in [2.05, 4.69) is 0 Å². The number of carbonyl (C=O) groups is 1. The molecule has 0 bridgehead atoms. The second-order valence-electron chi connectivity index (χ2n) is 6.59. The maximum absolute atomic E-state index is 13.3. The smallest absolute Gasteiger partial charge is 0.290 e. The lowest BCUT2D eigenvalue weighted by molar-refractivity contribution is 0.0771. The molecule has 0 N–H and O–H groups in total. The van der Waals surface area contributed by atoms with Gasteiger partial charge in [0.2, 0.25) is 11.5 Å². The van der Waals surface area contributed by atoms with Gasteiger partial charge < -0.3 is 23.5 Å². The zero-order valence-corrected chi connectivity index (χ0v) is 17.0. The summed E-state index contributed by atoms with van der Waals surface area (Å²) in [4.78, 5) is 27.6. The van der Waals surface area contributed by atoms with Gasteiger partial charge in [-0.2, -0.15) is 0 Å². The first-order chi connectivity index (χ1) is 13.9. The van der Waals surface area contributed by atoms with Gasteiger partial charge in [-0.1, -0.05) is 11.6 Å². The van der Waals surface area contributed by atoms with E-state index in [0.717, 1.165) is 0 Å². The highest BCUT2D eigenvalue weighted by Gasteiger charge is 2.41. The van der Waals surface area contributed by atoms with Gasteiger partial charge in [0.1, 0.15) is 5.58 Å². The van der Waals surface area contributed by atoms with E-state index in [1.165, 1.54) is 32.3 Å². The second-order valence-corrected chi connectivity index (χ2v) is 7.03. The SMILES string of the molecule is COc1cc(C2c3c(oc4ccc(Cl)cc4c3=O)C(=O)N2C)cc(OC)c1OC. The first-order valence-electron chi connectivity index (χ1n) is 8.74. The van der Waals surface area contributed by atoms with Crippen molar-refractivity contribution in [2.75, 3.05) is 28.4 Å². The number of carbonyl (C=O) groups excluding carboxylic acids is 1. The zero-order valence-electron chi connectivity index (χ0n) is 16.2. The summed E-state index contributed by atoms with van der Waals surface area (Å²) in [6.45, 7) is 0. The molecule has 4 rings (SSSR count). The fourth-order valence-corrected chi connectivity index (χ4v) is 3.88. The molecule has 0 saturated carbocycles. The summed E-state index contributed by atoms with van der Waals surface area (Å²) in [6.07, 6.45) is 0. The molecule has 29 heavy (non-hydrogen) atoms. The van der Waals surface area contributed by atoms with Crippen LogP contribution in [0.25, 0.3) is 11.0 Å². The minimum absolute atomic E-state index is 0.0195. The van der Waals surface area contributed by atoms with Gasteiger partial charge in [0.25, 0.3) is 5.91 Å². The number of ether oxygens (including phenoxy) is 3. The summed E-state index contributed by atoms with van der Waals surface area (Å²) in [5, 5.41) is 0.726. The number of fused-ring (bicyclic) bond motifs is 2. The molecule has 0 aliphatic carbocycles. The van der Waals surface area contributed by atoms with Crippen molar-refractivity contribution in [3.05, 3.63) is 62.5 Å². The highest BCUT2D eigenvalue weighted by Crippen LogP contribution is 2.44. The van der Waals surface area contributed by atoms with E-state index in [4.69, 9.17) is 30.2 Å². The first-order valence-corrected chi connectivity index (χ1v) is 9.12. The van der Waals surface area contributed by atoms with E-state index in [-0.39, 0.29) is 22.7 Å². The van der Waals surface area contributed by atoms with E-state index < -0.39 is 6.04 Å². The second kappa shape index (κ2) is 7.00. The van der Waals surface area contributed by atoms with Gasteiger partial charge in [-0.3, -0.25) is 9.59 Å². The number of methoxy groups -OCH3 is 3. The number of nitrogens with zero attached hydrogens (tertiary/aromatic N) is 1. The molecule has 1 aromatic heterocycles. The third kappa shape index (κ3) is 2.81. The molecular formula is C21H18ClNO6. The Bertz CT molecular complexity index is 1180. The maximum atomic E-state index is 13.3. The van der Waals surface area contributed by atoms with Crippen LogP contribution < -0.4 is 19.6 Å². The summed E-state index contributed by atoms with van der Waals surface area (Å²) in [5.74, 6) is 0.899. The number of benzene rings is 2. The quantitative estimate of drug-likeness (QED) is 0.647. The third-order valence-electron chi connectivity index (χ3n) is 5.07. The molecule has 0 spiro atoms. The molecular weight excluding hydrogens is 398 g/mol. The van der Waals surface area contributed by atoms with Crippen LogP contribution in [0.4, 0.5) is 0 Å². The molecule has 1 unspecified atom stereocenters. The Balaban J connectivity index is 2.01. The van der Waals surface area contributed by atoms with Gasteiger partial charge in [-0.05, 0) is 35.9 Å². The molecule has 8 heteroatoms. The molecule has 150 valence electrons. The normalized spacial score (nSPS) is 15.6. The van der Waals surface area contributed by atoms with Crippen molar-refractivity contribution in [3.63, 3.8) is 0 Å². The fourth-order valence-electron chi connectivity index (χ4n) is 3.71. The van der Waals surface area contributed by atoms with Crippen LogP contribution in [0.15, 0.2) is 39.5 Å². The Hall–Kier alpha value is -3.19. The summed E-state index contributed by atoms with van der Waals surface area (Å²) in [7, 11) is 6.12. The van der Waals surface area contributed by atoms with E-state index >= 15 is 0 Å². The van der Waals surface area contributed by atoms with Gasteiger partial charge in [0.15, 0.2) is 16.9 Å². The molecule has 7 nitrogen and oxygen atoms in total. The Morgan fingerprint density at radius 3 is 2.24 bits per heavy atom. The summed E-state index contributed by atoms with van der Waals surface area (Å²) >= 11 is 6.06. The molecule has 1 aliphatic rings. The van der Waals surface area contributed by atoms with Gasteiger partial charge in [0, 0.05) is 12.1 Å². The maximum Gasteiger partial charge on any atom is 0.290 e. The van der Waals surface area contributed by atoms with Crippen LogP contribution in [0.5, 0.6) is 17.2 Å². The highest BCUT2D eigenvalue weighted by molar-refractivity contribution is 6.31. The zero-order chi connectivity index (χ0) is 20.9. The van der Waals surface area contributed by atoms with Gasteiger partial charge in [-0.25, -0.2) is 0 Å². The topological polar surface area (TPSA) is 78.2 Å². The average molecular weight is 416 g/mol.